The molecule has 2 fully saturated rings. The Morgan fingerprint density at radius 2 is 1.93 bits per heavy atom. The molecule has 3 aliphatic rings. The van der Waals surface area contributed by atoms with Crippen LogP contribution in [0.3, 0.4) is 0 Å². The molecular weight excluding hydrogens is 356 g/mol. The van der Waals surface area contributed by atoms with E-state index >= 15 is 0 Å². The molecule has 0 aromatic heterocycles. The highest BCUT2D eigenvalue weighted by atomic mass is 16.7. The van der Waals surface area contributed by atoms with Crippen LogP contribution >= 0.6 is 0 Å². The van der Waals surface area contributed by atoms with Crippen LogP contribution in [0.15, 0.2) is 12.0 Å². The first-order valence-electron chi connectivity index (χ1n) is 9.27. The van der Waals surface area contributed by atoms with Gasteiger partial charge in [0.05, 0.1) is 12.5 Å². The number of allylic oxidation sites excluding steroid dienone is 1. The quantitative estimate of drug-likeness (QED) is 0.391. The van der Waals surface area contributed by atoms with Crippen LogP contribution in [0.5, 0.6) is 0 Å². The van der Waals surface area contributed by atoms with Crippen LogP contribution in [0.1, 0.15) is 47.0 Å². The van der Waals surface area contributed by atoms with Gasteiger partial charge < -0.3 is 23.7 Å². The maximum absolute atomic E-state index is 12.2. The predicted octanol–water partition coefficient (Wildman–Crippen LogP) is 2.06. The van der Waals surface area contributed by atoms with Crippen molar-refractivity contribution in [3.05, 3.63) is 12.0 Å². The van der Waals surface area contributed by atoms with Crippen molar-refractivity contribution in [3.8, 4) is 0 Å². The molecule has 3 rings (SSSR count). The van der Waals surface area contributed by atoms with E-state index in [1.807, 2.05) is 13.8 Å². The van der Waals surface area contributed by atoms with Crippen molar-refractivity contribution in [2.75, 3.05) is 6.61 Å². The van der Waals surface area contributed by atoms with Gasteiger partial charge in [-0.3, -0.25) is 14.4 Å². The largest absolute Gasteiger partial charge is 0.459 e. The zero-order valence-corrected chi connectivity index (χ0v) is 16.1. The molecule has 1 saturated heterocycles. The monoisotopic (exact) mass is 382 g/mol. The van der Waals surface area contributed by atoms with E-state index in [0.29, 0.717) is 31.1 Å². The van der Waals surface area contributed by atoms with Gasteiger partial charge in [-0.05, 0) is 18.8 Å². The normalized spacial score (nSPS) is 33.7. The van der Waals surface area contributed by atoms with E-state index in [-0.39, 0.29) is 18.3 Å². The van der Waals surface area contributed by atoms with Crippen molar-refractivity contribution in [2.24, 2.45) is 17.8 Å². The van der Waals surface area contributed by atoms with E-state index < -0.39 is 35.9 Å². The molecule has 2 aliphatic heterocycles. The van der Waals surface area contributed by atoms with Crippen LogP contribution in [0.25, 0.3) is 0 Å². The van der Waals surface area contributed by atoms with E-state index in [2.05, 4.69) is 0 Å². The van der Waals surface area contributed by atoms with Gasteiger partial charge in [0.15, 0.2) is 0 Å². The van der Waals surface area contributed by atoms with Crippen LogP contribution in [0.2, 0.25) is 0 Å². The zero-order chi connectivity index (χ0) is 19.8. The van der Waals surface area contributed by atoms with Crippen LogP contribution in [0.4, 0.5) is 0 Å². The molecular formula is C19H26O8. The summed E-state index contributed by atoms with van der Waals surface area (Å²) in [5.41, 5.74) is -0.779. The Kier molecular flexibility index (Phi) is 5.46. The summed E-state index contributed by atoms with van der Waals surface area (Å²) in [4.78, 5) is 35.1. The number of hydrogen-bond acceptors (Lipinski definition) is 8. The van der Waals surface area contributed by atoms with Crippen molar-refractivity contribution in [1.82, 2.24) is 0 Å². The number of epoxide rings is 1. The molecule has 0 N–H and O–H groups in total. The van der Waals surface area contributed by atoms with Gasteiger partial charge in [0.1, 0.15) is 23.7 Å². The van der Waals surface area contributed by atoms with E-state index in [0.717, 1.165) is 0 Å². The second-order valence-electron chi connectivity index (χ2n) is 7.75. The highest BCUT2D eigenvalue weighted by Gasteiger charge is 2.71. The summed E-state index contributed by atoms with van der Waals surface area (Å²) in [5.74, 6) is -1.25. The first-order valence-corrected chi connectivity index (χ1v) is 9.27. The minimum Gasteiger partial charge on any atom is -0.459 e. The highest BCUT2D eigenvalue weighted by Crippen LogP contribution is 2.58. The molecule has 0 amide bonds. The van der Waals surface area contributed by atoms with Crippen LogP contribution in [0, 0.1) is 17.8 Å². The molecule has 0 radical (unpaired) electrons. The van der Waals surface area contributed by atoms with Gasteiger partial charge in [-0.25, -0.2) is 0 Å². The summed E-state index contributed by atoms with van der Waals surface area (Å²) in [6.45, 7) is 7.06. The lowest BCUT2D eigenvalue weighted by molar-refractivity contribution is -0.195. The van der Waals surface area contributed by atoms with Gasteiger partial charge in [0.2, 0.25) is 6.29 Å². The van der Waals surface area contributed by atoms with Gasteiger partial charge in [-0.1, -0.05) is 13.8 Å². The minimum absolute atomic E-state index is 0.288. The number of hydrogen-bond donors (Lipinski definition) is 0. The summed E-state index contributed by atoms with van der Waals surface area (Å²) in [6.07, 6.45) is 1.34. The van der Waals surface area contributed by atoms with Gasteiger partial charge in [0, 0.05) is 26.2 Å². The second-order valence-corrected chi connectivity index (χ2v) is 7.75. The molecule has 5 atom stereocenters. The van der Waals surface area contributed by atoms with Gasteiger partial charge in [0.25, 0.3) is 0 Å². The van der Waals surface area contributed by atoms with Crippen molar-refractivity contribution in [3.63, 3.8) is 0 Å². The molecule has 0 aromatic carbocycles. The number of esters is 3. The van der Waals surface area contributed by atoms with Gasteiger partial charge >= 0.3 is 17.9 Å². The van der Waals surface area contributed by atoms with E-state index in [4.69, 9.17) is 23.7 Å². The number of carbonyl (C=O) groups excluding carboxylic acids is 3. The van der Waals surface area contributed by atoms with Crippen molar-refractivity contribution >= 4 is 17.9 Å². The van der Waals surface area contributed by atoms with Gasteiger partial charge in [-0.2, -0.15) is 0 Å². The summed E-state index contributed by atoms with van der Waals surface area (Å²) in [7, 11) is 0. The predicted molar refractivity (Wildman–Crippen MR) is 90.7 cm³/mol. The Hall–Kier alpha value is -2.09. The third kappa shape index (κ3) is 4.10. The summed E-state index contributed by atoms with van der Waals surface area (Å²) in [6, 6.07) is 0. The lowest BCUT2D eigenvalue weighted by Crippen LogP contribution is -2.44. The topological polar surface area (TPSA) is 101 Å². The average molecular weight is 382 g/mol. The van der Waals surface area contributed by atoms with Crippen molar-refractivity contribution in [2.45, 2.75) is 65.0 Å². The maximum Gasteiger partial charge on any atom is 0.308 e. The molecule has 0 bridgehead atoms. The molecule has 2 heterocycles. The summed E-state index contributed by atoms with van der Waals surface area (Å²) < 4.78 is 27.6. The molecule has 8 nitrogen and oxygen atoms in total. The van der Waals surface area contributed by atoms with Crippen LogP contribution in [-0.2, 0) is 38.1 Å². The Bertz CT molecular complexity index is 648. The van der Waals surface area contributed by atoms with Gasteiger partial charge in [-0.15, -0.1) is 0 Å². The van der Waals surface area contributed by atoms with Crippen molar-refractivity contribution < 1.29 is 38.1 Å². The Morgan fingerprint density at radius 3 is 2.48 bits per heavy atom. The third-order valence-corrected chi connectivity index (χ3v) is 5.21. The zero-order valence-electron chi connectivity index (χ0n) is 16.1. The Morgan fingerprint density at radius 1 is 1.22 bits per heavy atom. The first-order chi connectivity index (χ1) is 12.7. The fraction of sp³-hybridized carbons (Fsp3) is 0.737. The maximum atomic E-state index is 12.2. The number of fused-ring (bicyclic) bond motifs is 2. The Labute approximate surface area is 158 Å². The first kappa shape index (κ1) is 19.7. The smallest absolute Gasteiger partial charge is 0.308 e. The molecule has 1 aliphatic carbocycles. The lowest BCUT2D eigenvalue weighted by Gasteiger charge is -2.34. The molecule has 1 spiro atoms. The number of rotatable bonds is 6. The van der Waals surface area contributed by atoms with Crippen LogP contribution < -0.4 is 0 Å². The summed E-state index contributed by atoms with van der Waals surface area (Å²) in [5, 5.41) is 0. The van der Waals surface area contributed by atoms with E-state index in [1.165, 1.54) is 20.1 Å². The Balaban J connectivity index is 1.80. The fourth-order valence-electron chi connectivity index (χ4n) is 3.92. The fourth-order valence-corrected chi connectivity index (χ4v) is 3.92. The molecule has 8 heteroatoms. The standard InChI is InChI=1S/C19H26O8/c1-10(2)5-6-16(22)27-18-17-13(14(8-23-18)25-11(3)20)7-15(26-12(4)21)19(17)9-24-19/h8,10,13,15,17-18H,5-7,9H2,1-4H3/t13-,15+,17-,18+,19-/m1/s1. The molecule has 27 heavy (non-hydrogen) atoms. The molecule has 0 unspecified atom stereocenters. The third-order valence-electron chi connectivity index (χ3n) is 5.21. The SMILES string of the molecule is CC(=O)OC1=CO[C@@H](OC(=O)CCC(C)C)[C@H]2[C@@H]1C[C@H](OC(C)=O)[C@]21CO1. The molecule has 0 aromatic rings. The molecule has 150 valence electrons. The van der Waals surface area contributed by atoms with E-state index in [9.17, 15) is 14.4 Å². The lowest BCUT2D eigenvalue weighted by atomic mass is 9.86. The number of carbonyl (C=O) groups is 3. The number of ether oxygens (including phenoxy) is 5. The molecule has 1 saturated carbocycles. The van der Waals surface area contributed by atoms with Crippen LogP contribution in [-0.4, -0.2) is 42.5 Å². The van der Waals surface area contributed by atoms with E-state index in [1.54, 1.807) is 0 Å². The van der Waals surface area contributed by atoms with Crippen molar-refractivity contribution in [1.29, 1.82) is 0 Å². The average Bonchev–Trinajstić information content (AvgIpc) is 3.28. The summed E-state index contributed by atoms with van der Waals surface area (Å²) >= 11 is 0. The minimum atomic E-state index is -0.878. The highest BCUT2D eigenvalue weighted by molar-refractivity contribution is 5.70. The second kappa shape index (κ2) is 7.50.